The van der Waals surface area contributed by atoms with E-state index in [-0.39, 0.29) is 18.9 Å². The van der Waals surface area contributed by atoms with E-state index in [9.17, 15) is 9.59 Å². The molecular formula is C21H25N5O3. The molecule has 1 saturated heterocycles. The largest absolute Gasteiger partial charge is 0.466 e. The normalized spacial score (nSPS) is 15.9. The molecule has 2 aliphatic rings. The number of carbonyl (C=O) groups is 2. The molecule has 2 aromatic rings. The molecule has 2 aliphatic heterocycles. The third-order valence-corrected chi connectivity index (χ3v) is 5.34. The smallest absolute Gasteiger partial charge is 0.315 e. The Hall–Kier alpha value is -3.03. The molecule has 0 aliphatic carbocycles. The van der Waals surface area contributed by atoms with Gasteiger partial charge in [-0.2, -0.15) is 0 Å². The second-order valence-electron chi connectivity index (χ2n) is 7.27. The molecule has 4 rings (SSSR count). The van der Waals surface area contributed by atoms with Gasteiger partial charge in [-0.25, -0.2) is 9.97 Å². The van der Waals surface area contributed by atoms with Crippen molar-refractivity contribution in [2.75, 3.05) is 31.1 Å². The first-order valence-electron chi connectivity index (χ1n) is 10.1. The Labute approximate surface area is 169 Å². The van der Waals surface area contributed by atoms with Gasteiger partial charge in [0.2, 0.25) is 5.91 Å². The topological polar surface area (TPSA) is 88.5 Å². The lowest BCUT2D eigenvalue weighted by molar-refractivity contribution is -0.148. The number of pyridine rings is 1. The number of anilines is 1. The molecule has 0 bridgehead atoms. The highest BCUT2D eigenvalue weighted by Gasteiger charge is 2.29. The molecule has 8 nitrogen and oxygen atoms in total. The van der Waals surface area contributed by atoms with Crippen LogP contribution in [0.2, 0.25) is 0 Å². The van der Waals surface area contributed by atoms with Crippen LogP contribution in [0.3, 0.4) is 0 Å². The molecule has 0 radical (unpaired) electrons. The second kappa shape index (κ2) is 8.55. The van der Waals surface area contributed by atoms with Gasteiger partial charge in [0.05, 0.1) is 18.8 Å². The first-order valence-corrected chi connectivity index (χ1v) is 10.1. The second-order valence-corrected chi connectivity index (χ2v) is 7.27. The number of ether oxygens (including phenoxy) is 1. The summed E-state index contributed by atoms with van der Waals surface area (Å²) in [5.41, 5.74) is 2.91. The third kappa shape index (κ3) is 4.21. The lowest BCUT2D eigenvalue weighted by Gasteiger charge is -2.31. The number of carbonyl (C=O) groups excluding carboxylic acids is 2. The number of aromatic nitrogens is 3. The number of esters is 1. The number of rotatable bonds is 5. The van der Waals surface area contributed by atoms with Crippen molar-refractivity contribution in [3.63, 3.8) is 0 Å². The van der Waals surface area contributed by atoms with Crippen molar-refractivity contribution in [1.29, 1.82) is 0 Å². The zero-order valence-corrected chi connectivity index (χ0v) is 16.6. The van der Waals surface area contributed by atoms with E-state index in [1.54, 1.807) is 24.2 Å². The van der Waals surface area contributed by atoms with Crippen LogP contribution in [-0.4, -0.2) is 58.0 Å². The van der Waals surface area contributed by atoms with Crippen LogP contribution < -0.4 is 4.90 Å². The Morgan fingerprint density at radius 1 is 1.10 bits per heavy atom. The summed E-state index contributed by atoms with van der Waals surface area (Å²) < 4.78 is 4.92. The molecule has 8 heteroatoms. The summed E-state index contributed by atoms with van der Waals surface area (Å²) in [4.78, 5) is 42.0. The summed E-state index contributed by atoms with van der Waals surface area (Å²) in [6.45, 7) is 4.89. The van der Waals surface area contributed by atoms with E-state index < -0.39 is 5.97 Å². The summed E-state index contributed by atoms with van der Waals surface area (Å²) in [7, 11) is 0. The lowest BCUT2D eigenvalue weighted by Crippen LogP contribution is -2.39. The van der Waals surface area contributed by atoms with Gasteiger partial charge < -0.3 is 14.5 Å². The van der Waals surface area contributed by atoms with E-state index in [0.717, 1.165) is 48.6 Å². The van der Waals surface area contributed by atoms with Crippen LogP contribution in [0.15, 0.2) is 24.5 Å². The maximum absolute atomic E-state index is 12.6. The van der Waals surface area contributed by atoms with Gasteiger partial charge in [0.15, 0.2) is 5.82 Å². The van der Waals surface area contributed by atoms with Crippen molar-refractivity contribution in [3.8, 4) is 11.4 Å². The van der Waals surface area contributed by atoms with Crippen LogP contribution in [-0.2, 0) is 27.3 Å². The zero-order chi connectivity index (χ0) is 20.2. The maximum Gasteiger partial charge on any atom is 0.315 e. The van der Waals surface area contributed by atoms with Crippen LogP contribution in [0, 0.1) is 0 Å². The maximum atomic E-state index is 12.6. The molecule has 0 unspecified atom stereocenters. The van der Waals surface area contributed by atoms with Crippen LogP contribution in [0.5, 0.6) is 0 Å². The molecule has 0 spiro atoms. The Balaban J connectivity index is 1.64. The highest BCUT2D eigenvalue weighted by molar-refractivity contribution is 5.94. The van der Waals surface area contributed by atoms with Crippen LogP contribution in [0.25, 0.3) is 11.4 Å². The van der Waals surface area contributed by atoms with Gasteiger partial charge in [-0.3, -0.25) is 14.6 Å². The molecule has 4 heterocycles. The fourth-order valence-corrected chi connectivity index (χ4v) is 3.88. The van der Waals surface area contributed by atoms with Gasteiger partial charge in [0.1, 0.15) is 12.2 Å². The minimum Gasteiger partial charge on any atom is -0.466 e. The third-order valence-electron chi connectivity index (χ3n) is 5.34. The van der Waals surface area contributed by atoms with Crippen molar-refractivity contribution in [2.45, 2.75) is 39.2 Å². The van der Waals surface area contributed by atoms with Crippen molar-refractivity contribution >= 4 is 17.7 Å². The Morgan fingerprint density at radius 3 is 2.59 bits per heavy atom. The van der Waals surface area contributed by atoms with Crippen molar-refractivity contribution < 1.29 is 14.3 Å². The van der Waals surface area contributed by atoms with E-state index >= 15 is 0 Å². The summed E-state index contributed by atoms with van der Waals surface area (Å²) in [6.07, 6.45) is 6.17. The molecule has 1 amide bonds. The molecule has 152 valence electrons. The summed E-state index contributed by atoms with van der Waals surface area (Å²) in [5.74, 6) is 0.916. The Kier molecular flexibility index (Phi) is 5.69. The number of hydrogen-bond donors (Lipinski definition) is 0. The Bertz CT molecular complexity index is 897. The molecule has 0 atom stereocenters. The van der Waals surface area contributed by atoms with Gasteiger partial charge in [-0.1, -0.05) is 0 Å². The van der Waals surface area contributed by atoms with Crippen LogP contribution in [0.4, 0.5) is 5.82 Å². The van der Waals surface area contributed by atoms with E-state index in [1.165, 1.54) is 0 Å². The highest BCUT2D eigenvalue weighted by atomic mass is 16.5. The van der Waals surface area contributed by atoms with Crippen molar-refractivity contribution in [2.24, 2.45) is 0 Å². The zero-order valence-electron chi connectivity index (χ0n) is 16.6. The van der Waals surface area contributed by atoms with Gasteiger partial charge >= 0.3 is 5.97 Å². The SMILES string of the molecule is CCOC(=O)CC(=O)N1CCc2nc(-c3ccncc3)nc(N3CCCC3)c2C1. The monoisotopic (exact) mass is 395 g/mol. The predicted octanol–water partition coefficient (Wildman–Crippen LogP) is 1.98. The van der Waals surface area contributed by atoms with Gasteiger partial charge in [0, 0.05) is 49.6 Å². The number of amides is 1. The average Bonchev–Trinajstić information content (AvgIpc) is 3.28. The van der Waals surface area contributed by atoms with Gasteiger partial charge in [-0.15, -0.1) is 0 Å². The predicted molar refractivity (Wildman–Crippen MR) is 107 cm³/mol. The van der Waals surface area contributed by atoms with E-state index in [0.29, 0.717) is 25.3 Å². The molecule has 0 aromatic carbocycles. The summed E-state index contributed by atoms with van der Waals surface area (Å²) in [5, 5.41) is 0. The minimum absolute atomic E-state index is 0.209. The number of hydrogen-bond acceptors (Lipinski definition) is 7. The van der Waals surface area contributed by atoms with E-state index in [1.807, 2.05) is 12.1 Å². The van der Waals surface area contributed by atoms with E-state index in [2.05, 4.69) is 9.88 Å². The molecule has 1 fully saturated rings. The molecule has 29 heavy (non-hydrogen) atoms. The fourth-order valence-electron chi connectivity index (χ4n) is 3.88. The first kappa shape index (κ1) is 19.3. The average molecular weight is 395 g/mol. The molecule has 0 N–H and O–H groups in total. The number of nitrogens with zero attached hydrogens (tertiary/aromatic N) is 5. The molecule has 2 aromatic heterocycles. The fraction of sp³-hybridized carbons (Fsp3) is 0.476. The van der Waals surface area contributed by atoms with Gasteiger partial charge in [-0.05, 0) is 31.9 Å². The summed E-state index contributed by atoms with van der Waals surface area (Å²) >= 11 is 0. The quantitative estimate of drug-likeness (QED) is 0.565. The standard InChI is InChI=1S/C21H25N5O3/c1-2-29-19(28)13-18(27)26-12-7-17-16(14-26)21(25-10-3-4-11-25)24-20(23-17)15-5-8-22-9-6-15/h5-6,8-9H,2-4,7,10-14H2,1H3. The van der Waals surface area contributed by atoms with Crippen LogP contribution in [0.1, 0.15) is 37.4 Å². The molecular weight excluding hydrogens is 370 g/mol. The Morgan fingerprint density at radius 2 is 1.86 bits per heavy atom. The minimum atomic E-state index is -0.479. The van der Waals surface area contributed by atoms with Crippen molar-refractivity contribution in [3.05, 3.63) is 35.8 Å². The molecule has 0 saturated carbocycles. The highest BCUT2D eigenvalue weighted by Crippen LogP contribution is 2.31. The van der Waals surface area contributed by atoms with E-state index in [4.69, 9.17) is 14.7 Å². The lowest BCUT2D eigenvalue weighted by atomic mass is 10.0. The first-order chi connectivity index (χ1) is 14.2. The van der Waals surface area contributed by atoms with Crippen LogP contribution >= 0.6 is 0 Å². The van der Waals surface area contributed by atoms with Crippen molar-refractivity contribution in [1.82, 2.24) is 19.9 Å². The summed E-state index contributed by atoms with van der Waals surface area (Å²) in [6, 6.07) is 3.82. The van der Waals surface area contributed by atoms with Gasteiger partial charge in [0.25, 0.3) is 0 Å². The number of fused-ring (bicyclic) bond motifs is 1.